The van der Waals surface area contributed by atoms with Crippen molar-refractivity contribution in [2.75, 3.05) is 5.32 Å². The van der Waals surface area contributed by atoms with Crippen LogP contribution in [0.4, 0.5) is 18.9 Å². The van der Waals surface area contributed by atoms with Gasteiger partial charge in [-0.15, -0.1) is 0 Å². The number of aromatic nitrogens is 2. The average Bonchev–Trinajstić information content (AvgIpc) is 2.71. The van der Waals surface area contributed by atoms with Crippen LogP contribution in [0.25, 0.3) is 5.65 Å². The van der Waals surface area contributed by atoms with E-state index in [9.17, 15) is 36.3 Å². The maximum absolute atomic E-state index is 12.8. The molecule has 0 bridgehead atoms. The van der Waals surface area contributed by atoms with Crippen LogP contribution in [0.2, 0.25) is 0 Å². The Bertz CT molecular complexity index is 1420. The van der Waals surface area contributed by atoms with Crippen molar-refractivity contribution in [3.63, 3.8) is 0 Å². The Morgan fingerprint density at radius 3 is 2.48 bits per heavy atom. The number of halogens is 3. The number of pyridine rings is 1. The molecule has 2 N–H and O–H groups in total. The van der Waals surface area contributed by atoms with Crippen LogP contribution >= 0.6 is 0 Å². The molecule has 0 radical (unpaired) electrons. The molecule has 0 aliphatic carbocycles. The summed E-state index contributed by atoms with van der Waals surface area (Å²) in [6.45, 7) is 4.38. The lowest BCUT2D eigenvalue weighted by molar-refractivity contribution is -0.0501. The van der Waals surface area contributed by atoms with Crippen LogP contribution in [0.5, 0.6) is 5.88 Å². The molecular weight excluding hydrogens is 467 g/mol. The number of rotatable bonds is 6. The lowest BCUT2D eigenvalue weighted by Gasteiger charge is -2.20. The van der Waals surface area contributed by atoms with E-state index in [0.717, 1.165) is 11.3 Å². The molecule has 0 saturated heterocycles. The Kier molecular flexibility index (Phi) is 6.11. The Hall–Kier alpha value is -3.61. The lowest BCUT2D eigenvalue weighted by Crippen LogP contribution is -2.30. The van der Waals surface area contributed by atoms with Crippen molar-refractivity contribution in [1.82, 2.24) is 9.38 Å². The van der Waals surface area contributed by atoms with Crippen molar-refractivity contribution in [1.29, 1.82) is 0 Å². The van der Waals surface area contributed by atoms with E-state index in [4.69, 9.17) is 0 Å². The van der Waals surface area contributed by atoms with Crippen LogP contribution < -0.4 is 15.1 Å². The first-order valence-electron chi connectivity index (χ1n) is 9.36. The molecule has 176 valence electrons. The maximum atomic E-state index is 12.8. The molecular formula is C20H18F3N3O6S. The van der Waals surface area contributed by atoms with Gasteiger partial charge in [0.2, 0.25) is 5.88 Å². The number of aromatic carboxylic acids is 1. The van der Waals surface area contributed by atoms with E-state index in [1.54, 1.807) is 26.0 Å². The molecule has 3 aromatic rings. The fraction of sp³-hybridized carbons (Fsp3) is 0.250. The van der Waals surface area contributed by atoms with Crippen LogP contribution in [0.3, 0.4) is 0 Å². The Labute approximate surface area is 185 Å². The van der Waals surface area contributed by atoms with Gasteiger partial charge in [-0.3, -0.25) is 9.20 Å². The first-order valence-corrected chi connectivity index (χ1v) is 10.8. The highest BCUT2D eigenvalue weighted by atomic mass is 32.2. The number of nitrogens with one attached hydrogen (secondary N) is 1. The average molecular weight is 485 g/mol. The second kappa shape index (κ2) is 8.39. The molecule has 0 spiro atoms. The SMILES string of the molecule is Cc1cc([C@@H](C)Nc2ccccc2C(=O)O)c2nc(OS(=O)(=O)C(F)(F)F)c(C)c(=O)n2c1. The molecule has 0 amide bonds. The minimum absolute atomic E-state index is 0.0254. The smallest absolute Gasteiger partial charge is 0.478 e. The van der Waals surface area contributed by atoms with E-state index in [1.807, 2.05) is 0 Å². The van der Waals surface area contributed by atoms with E-state index in [2.05, 4.69) is 14.5 Å². The standard InChI is InChI=1S/C20H18F3N3O6S/c1-10-8-14(12(3)24-15-7-5-4-6-13(15)19(28)29)16-25-17(11(2)18(27)26(16)9-10)32-33(30,31)20(21,22)23/h4-9,12,24H,1-3H3,(H,28,29)/t12-/m1/s1. The zero-order chi connectivity index (χ0) is 24.7. The second-order valence-corrected chi connectivity index (χ2v) is 8.75. The Balaban J connectivity index is 2.18. The van der Waals surface area contributed by atoms with Gasteiger partial charge in [-0.25, -0.2) is 4.79 Å². The normalized spacial score (nSPS) is 13.0. The summed E-state index contributed by atoms with van der Waals surface area (Å²) in [5, 5.41) is 12.4. The minimum atomic E-state index is -6.06. The molecule has 3 rings (SSSR count). The van der Waals surface area contributed by atoms with Crippen molar-refractivity contribution in [3.05, 3.63) is 69.1 Å². The number of anilines is 1. The molecule has 0 aliphatic heterocycles. The Morgan fingerprint density at radius 1 is 1.24 bits per heavy atom. The first kappa shape index (κ1) is 24.0. The highest BCUT2D eigenvalue weighted by Crippen LogP contribution is 2.29. The van der Waals surface area contributed by atoms with E-state index in [1.165, 1.54) is 24.4 Å². The Morgan fingerprint density at radius 2 is 1.88 bits per heavy atom. The summed E-state index contributed by atoms with van der Waals surface area (Å²) in [7, 11) is -6.06. The third kappa shape index (κ3) is 4.62. The monoisotopic (exact) mass is 485 g/mol. The van der Waals surface area contributed by atoms with Crippen LogP contribution in [0.1, 0.15) is 40.0 Å². The van der Waals surface area contributed by atoms with Crippen LogP contribution in [0, 0.1) is 13.8 Å². The van der Waals surface area contributed by atoms with Crippen molar-refractivity contribution in [2.45, 2.75) is 32.3 Å². The number of fused-ring (bicyclic) bond motifs is 1. The molecule has 1 aromatic carbocycles. The number of para-hydroxylation sites is 1. The third-order valence-corrected chi connectivity index (χ3v) is 5.68. The van der Waals surface area contributed by atoms with Crippen LogP contribution in [-0.4, -0.2) is 34.4 Å². The minimum Gasteiger partial charge on any atom is -0.478 e. The number of carboxylic acid groups (broad SMARTS) is 1. The highest BCUT2D eigenvalue weighted by Gasteiger charge is 2.49. The summed E-state index contributed by atoms with van der Waals surface area (Å²) in [5.74, 6) is -2.18. The van der Waals surface area contributed by atoms with Gasteiger partial charge in [0, 0.05) is 17.4 Å². The fourth-order valence-electron chi connectivity index (χ4n) is 3.13. The van der Waals surface area contributed by atoms with Gasteiger partial charge in [-0.1, -0.05) is 12.1 Å². The van der Waals surface area contributed by atoms with Gasteiger partial charge in [0.25, 0.3) is 5.56 Å². The van der Waals surface area contributed by atoms with Gasteiger partial charge in [-0.05, 0) is 44.5 Å². The van der Waals surface area contributed by atoms with Crippen molar-refractivity contribution >= 4 is 27.4 Å². The number of hydrogen-bond acceptors (Lipinski definition) is 7. The number of benzene rings is 1. The van der Waals surface area contributed by atoms with E-state index < -0.39 is 44.6 Å². The van der Waals surface area contributed by atoms with Crippen LogP contribution in [0.15, 0.2) is 41.3 Å². The second-order valence-electron chi connectivity index (χ2n) is 7.21. The molecule has 33 heavy (non-hydrogen) atoms. The molecule has 9 nitrogen and oxygen atoms in total. The molecule has 2 heterocycles. The predicted molar refractivity (Wildman–Crippen MR) is 112 cm³/mol. The summed E-state index contributed by atoms with van der Waals surface area (Å²) in [4.78, 5) is 28.2. The number of alkyl halides is 3. The molecule has 0 aliphatic rings. The first-order chi connectivity index (χ1) is 15.2. The summed E-state index contributed by atoms with van der Waals surface area (Å²) in [6.07, 6.45) is 1.39. The number of carbonyl (C=O) groups is 1. The van der Waals surface area contributed by atoms with Gasteiger partial charge in [0.1, 0.15) is 5.65 Å². The summed E-state index contributed by atoms with van der Waals surface area (Å²) in [6, 6.07) is 6.94. The van der Waals surface area contributed by atoms with Gasteiger partial charge >= 0.3 is 21.6 Å². The lowest BCUT2D eigenvalue weighted by atomic mass is 10.1. The topological polar surface area (TPSA) is 127 Å². The zero-order valence-electron chi connectivity index (χ0n) is 17.5. The zero-order valence-corrected chi connectivity index (χ0v) is 18.3. The summed E-state index contributed by atoms with van der Waals surface area (Å²) >= 11 is 0. The van der Waals surface area contributed by atoms with Crippen molar-refractivity contribution in [2.24, 2.45) is 0 Å². The van der Waals surface area contributed by atoms with E-state index in [0.29, 0.717) is 11.1 Å². The van der Waals surface area contributed by atoms with E-state index in [-0.39, 0.29) is 16.9 Å². The number of aryl methyl sites for hydroxylation is 1. The van der Waals surface area contributed by atoms with Gasteiger partial charge in [0.05, 0.1) is 17.2 Å². The predicted octanol–water partition coefficient (Wildman–Crippen LogP) is 3.41. The van der Waals surface area contributed by atoms with Crippen LogP contribution in [-0.2, 0) is 10.1 Å². The number of carboxylic acids is 1. The van der Waals surface area contributed by atoms with Crippen molar-refractivity contribution < 1.29 is 35.7 Å². The van der Waals surface area contributed by atoms with Crippen molar-refractivity contribution in [3.8, 4) is 5.88 Å². The number of nitrogens with zero attached hydrogens (tertiary/aromatic N) is 2. The largest absolute Gasteiger partial charge is 0.534 e. The molecule has 0 unspecified atom stereocenters. The molecule has 13 heteroatoms. The summed E-state index contributed by atoms with van der Waals surface area (Å²) < 4.78 is 66.5. The van der Waals surface area contributed by atoms with E-state index >= 15 is 0 Å². The fourth-order valence-corrected chi connectivity index (χ4v) is 3.60. The highest BCUT2D eigenvalue weighted by molar-refractivity contribution is 7.87. The number of hydrogen-bond donors (Lipinski definition) is 2. The molecule has 0 saturated carbocycles. The van der Waals surface area contributed by atoms with Gasteiger partial charge in [0.15, 0.2) is 0 Å². The third-order valence-electron chi connectivity index (χ3n) is 4.74. The maximum Gasteiger partial charge on any atom is 0.534 e. The molecule has 1 atom stereocenters. The molecule has 2 aromatic heterocycles. The summed E-state index contributed by atoms with van der Waals surface area (Å²) in [5.41, 5.74) is -6.01. The van der Waals surface area contributed by atoms with Gasteiger partial charge < -0.3 is 14.6 Å². The molecule has 0 fully saturated rings. The van der Waals surface area contributed by atoms with Gasteiger partial charge in [-0.2, -0.15) is 26.6 Å². The quantitative estimate of drug-likeness (QED) is 0.402.